The summed E-state index contributed by atoms with van der Waals surface area (Å²) < 4.78 is 1.12. The van der Waals surface area contributed by atoms with Crippen molar-refractivity contribution in [3.8, 4) is 0 Å². The highest BCUT2D eigenvalue weighted by molar-refractivity contribution is 9.10. The van der Waals surface area contributed by atoms with Crippen LogP contribution in [0.2, 0.25) is 0 Å². The van der Waals surface area contributed by atoms with Crippen LogP contribution in [0.1, 0.15) is 32.1 Å². The minimum Gasteiger partial charge on any atom is -0.351 e. The summed E-state index contributed by atoms with van der Waals surface area (Å²) in [5.74, 6) is 1.12. The third-order valence-corrected chi connectivity index (χ3v) is 4.45. The second-order valence-electron chi connectivity index (χ2n) is 5.34. The van der Waals surface area contributed by atoms with Gasteiger partial charge in [0.25, 0.3) is 0 Å². The largest absolute Gasteiger partial charge is 0.351 e. The van der Waals surface area contributed by atoms with E-state index in [9.17, 15) is 0 Å². The van der Waals surface area contributed by atoms with Gasteiger partial charge in [0.1, 0.15) is 5.82 Å². The summed E-state index contributed by atoms with van der Waals surface area (Å²) in [7, 11) is 0. The predicted octanol–water partition coefficient (Wildman–Crippen LogP) is 2.96. The molecule has 2 aliphatic rings. The van der Waals surface area contributed by atoms with E-state index in [2.05, 4.69) is 37.2 Å². The molecule has 1 atom stereocenters. The van der Waals surface area contributed by atoms with Gasteiger partial charge in [-0.05, 0) is 60.3 Å². The quantitative estimate of drug-likeness (QED) is 0.927. The lowest BCUT2D eigenvalue weighted by atomic mass is 10.0. The van der Waals surface area contributed by atoms with E-state index in [0.29, 0.717) is 12.1 Å². The highest BCUT2D eigenvalue weighted by Gasteiger charge is 2.32. The van der Waals surface area contributed by atoms with Crippen LogP contribution in [0.5, 0.6) is 0 Å². The van der Waals surface area contributed by atoms with Crippen LogP contribution in [-0.2, 0) is 0 Å². The van der Waals surface area contributed by atoms with Crippen LogP contribution >= 0.6 is 15.9 Å². The fraction of sp³-hybridized carbons (Fsp3) is 0.643. The maximum absolute atomic E-state index is 4.56. The van der Waals surface area contributed by atoms with E-state index < -0.39 is 0 Å². The van der Waals surface area contributed by atoms with Crippen molar-refractivity contribution in [3.63, 3.8) is 0 Å². The number of rotatable bonds is 4. The molecule has 1 saturated heterocycles. The Kier molecular flexibility index (Phi) is 3.85. The Morgan fingerprint density at radius 3 is 2.89 bits per heavy atom. The first-order chi connectivity index (χ1) is 8.84. The summed E-state index contributed by atoms with van der Waals surface area (Å²) in [4.78, 5) is 7.05. The van der Waals surface area contributed by atoms with Gasteiger partial charge in [-0.15, -0.1) is 0 Å². The second-order valence-corrected chi connectivity index (χ2v) is 6.19. The van der Waals surface area contributed by atoms with Gasteiger partial charge >= 0.3 is 0 Å². The Labute approximate surface area is 117 Å². The highest BCUT2D eigenvalue weighted by Crippen LogP contribution is 2.34. The van der Waals surface area contributed by atoms with Gasteiger partial charge in [0.05, 0.1) is 4.47 Å². The number of hydrogen-bond donors (Lipinski definition) is 1. The van der Waals surface area contributed by atoms with E-state index >= 15 is 0 Å². The number of aromatic nitrogens is 1. The van der Waals surface area contributed by atoms with Crippen LogP contribution < -0.4 is 10.2 Å². The van der Waals surface area contributed by atoms with Gasteiger partial charge in [0.15, 0.2) is 0 Å². The van der Waals surface area contributed by atoms with Crippen molar-refractivity contribution in [2.24, 2.45) is 0 Å². The monoisotopic (exact) mass is 309 g/mol. The zero-order valence-corrected chi connectivity index (χ0v) is 12.2. The van der Waals surface area contributed by atoms with Crippen molar-refractivity contribution in [1.82, 2.24) is 10.3 Å². The topological polar surface area (TPSA) is 28.2 Å². The zero-order chi connectivity index (χ0) is 12.4. The van der Waals surface area contributed by atoms with Gasteiger partial charge in [0, 0.05) is 24.8 Å². The second kappa shape index (κ2) is 5.57. The summed E-state index contributed by atoms with van der Waals surface area (Å²) in [6.07, 6.45) is 8.51. The third-order valence-electron chi connectivity index (χ3n) is 3.83. The summed E-state index contributed by atoms with van der Waals surface area (Å²) in [6.45, 7) is 2.27. The van der Waals surface area contributed by atoms with E-state index in [1.54, 1.807) is 0 Å². The third kappa shape index (κ3) is 2.86. The number of nitrogens with zero attached hydrogens (tertiary/aromatic N) is 2. The van der Waals surface area contributed by atoms with Gasteiger partial charge in [-0.2, -0.15) is 0 Å². The van der Waals surface area contributed by atoms with Crippen molar-refractivity contribution in [2.45, 2.75) is 44.2 Å². The van der Waals surface area contributed by atoms with Crippen LogP contribution in [0.4, 0.5) is 5.82 Å². The molecule has 3 rings (SSSR count). The van der Waals surface area contributed by atoms with E-state index in [1.807, 2.05) is 12.3 Å². The summed E-state index contributed by atoms with van der Waals surface area (Å²) in [5, 5.41) is 3.64. The molecule has 3 nitrogen and oxygen atoms in total. The first kappa shape index (κ1) is 12.4. The number of anilines is 1. The molecule has 0 spiro atoms. The van der Waals surface area contributed by atoms with Gasteiger partial charge in [0.2, 0.25) is 0 Å². The molecule has 4 heteroatoms. The van der Waals surface area contributed by atoms with Gasteiger partial charge < -0.3 is 10.2 Å². The molecule has 18 heavy (non-hydrogen) atoms. The SMILES string of the molecule is Brc1cccnc1N(CC1CCCCN1)C1CC1. The van der Waals surface area contributed by atoms with E-state index in [4.69, 9.17) is 0 Å². The maximum Gasteiger partial charge on any atom is 0.143 e. The van der Waals surface area contributed by atoms with Crippen LogP contribution in [0.3, 0.4) is 0 Å². The Bertz CT molecular complexity index is 400. The molecule has 1 saturated carbocycles. The van der Waals surface area contributed by atoms with E-state index in [0.717, 1.165) is 16.8 Å². The van der Waals surface area contributed by atoms with Crippen molar-refractivity contribution in [2.75, 3.05) is 18.0 Å². The molecule has 0 amide bonds. The smallest absolute Gasteiger partial charge is 0.143 e. The fourth-order valence-corrected chi connectivity index (χ4v) is 3.18. The number of pyridine rings is 1. The molecule has 0 aromatic carbocycles. The molecule has 1 N–H and O–H groups in total. The molecular formula is C14H20BrN3. The maximum atomic E-state index is 4.56. The lowest BCUT2D eigenvalue weighted by Crippen LogP contribution is -2.45. The molecule has 1 aliphatic carbocycles. The minimum atomic E-state index is 0.633. The van der Waals surface area contributed by atoms with Crippen molar-refractivity contribution in [3.05, 3.63) is 22.8 Å². The molecule has 0 bridgehead atoms. The average Bonchev–Trinajstić information content (AvgIpc) is 3.23. The Morgan fingerprint density at radius 2 is 2.22 bits per heavy atom. The van der Waals surface area contributed by atoms with Crippen LogP contribution in [0.25, 0.3) is 0 Å². The van der Waals surface area contributed by atoms with Crippen LogP contribution in [0, 0.1) is 0 Å². The highest BCUT2D eigenvalue weighted by atomic mass is 79.9. The molecule has 1 aromatic heterocycles. The van der Waals surface area contributed by atoms with Gasteiger partial charge in [-0.25, -0.2) is 4.98 Å². The number of halogens is 1. The lowest BCUT2D eigenvalue weighted by molar-refractivity contribution is 0.397. The molecule has 2 fully saturated rings. The number of hydrogen-bond acceptors (Lipinski definition) is 3. The molecule has 0 radical (unpaired) electrons. The normalized spacial score (nSPS) is 23.9. The van der Waals surface area contributed by atoms with Gasteiger partial charge in [-0.3, -0.25) is 0 Å². The first-order valence-corrected chi connectivity index (χ1v) is 7.74. The van der Waals surface area contributed by atoms with Crippen LogP contribution in [-0.4, -0.2) is 30.2 Å². The lowest BCUT2D eigenvalue weighted by Gasteiger charge is -2.32. The summed E-state index contributed by atoms with van der Waals surface area (Å²) in [5.41, 5.74) is 0. The van der Waals surface area contributed by atoms with Crippen molar-refractivity contribution in [1.29, 1.82) is 0 Å². The first-order valence-electron chi connectivity index (χ1n) is 6.95. The number of piperidine rings is 1. The molecule has 1 unspecified atom stereocenters. The zero-order valence-electron chi connectivity index (χ0n) is 10.6. The average molecular weight is 310 g/mol. The van der Waals surface area contributed by atoms with Crippen molar-refractivity contribution < 1.29 is 0 Å². The Morgan fingerprint density at radius 1 is 1.33 bits per heavy atom. The van der Waals surface area contributed by atoms with E-state index in [1.165, 1.54) is 38.6 Å². The predicted molar refractivity (Wildman–Crippen MR) is 77.9 cm³/mol. The standard InChI is InChI=1S/C14H20BrN3/c15-13-5-3-9-17-14(13)18(12-6-7-12)10-11-4-1-2-8-16-11/h3,5,9,11-12,16H,1-2,4,6-8,10H2. The number of nitrogens with one attached hydrogen (secondary N) is 1. The summed E-state index contributed by atoms with van der Waals surface area (Å²) >= 11 is 3.63. The fourth-order valence-electron chi connectivity index (χ4n) is 2.70. The van der Waals surface area contributed by atoms with Crippen LogP contribution in [0.15, 0.2) is 22.8 Å². The molecular weight excluding hydrogens is 290 g/mol. The molecule has 1 aliphatic heterocycles. The molecule has 98 valence electrons. The Balaban J connectivity index is 1.73. The van der Waals surface area contributed by atoms with Gasteiger partial charge in [-0.1, -0.05) is 6.42 Å². The van der Waals surface area contributed by atoms with Crippen molar-refractivity contribution >= 4 is 21.7 Å². The van der Waals surface area contributed by atoms with E-state index in [-0.39, 0.29) is 0 Å². The summed E-state index contributed by atoms with van der Waals surface area (Å²) in [6, 6.07) is 5.41. The molecule has 2 heterocycles. The molecule has 1 aromatic rings. The Hall–Kier alpha value is -0.610. The minimum absolute atomic E-state index is 0.633.